The first-order valence-electron chi connectivity index (χ1n) is 5.75. The van der Waals surface area contributed by atoms with Crippen LogP contribution in [-0.4, -0.2) is 36.8 Å². The molecule has 1 heterocycles. The van der Waals surface area contributed by atoms with Gasteiger partial charge in [-0.25, -0.2) is 0 Å². The quantitative estimate of drug-likeness (QED) is 0.629. The summed E-state index contributed by atoms with van der Waals surface area (Å²) in [4.78, 5) is 11.9. The molecule has 0 radical (unpaired) electrons. The largest absolute Gasteiger partial charge is 0.391 e. The first-order valence-corrected chi connectivity index (χ1v) is 5.75. The second kappa shape index (κ2) is 5.47. The molecular weight excluding hydrogens is 192 g/mol. The Morgan fingerprint density at radius 3 is 2.67 bits per heavy atom. The van der Waals surface area contributed by atoms with Crippen LogP contribution in [0.2, 0.25) is 0 Å². The third kappa shape index (κ3) is 3.47. The zero-order valence-corrected chi connectivity index (χ0v) is 9.68. The van der Waals surface area contributed by atoms with Crippen molar-refractivity contribution >= 4 is 5.91 Å². The van der Waals surface area contributed by atoms with Crippen molar-refractivity contribution in [2.45, 2.75) is 39.2 Å². The molecule has 1 amide bonds. The van der Waals surface area contributed by atoms with E-state index in [1.165, 1.54) is 0 Å². The summed E-state index contributed by atoms with van der Waals surface area (Å²) in [6.45, 7) is 6.09. The Bertz CT molecular complexity index is 213. The molecule has 0 aromatic rings. The van der Waals surface area contributed by atoms with E-state index < -0.39 is 6.10 Å². The standard InChI is InChI=1S/C11H22N2O2/c1-3-9(14)8-13-10(15)11(2)4-6-12-7-5-11/h9,12,14H,3-8H2,1-2H3,(H,13,15). The minimum absolute atomic E-state index is 0.0801. The van der Waals surface area contributed by atoms with Crippen molar-refractivity contribution in [2.75, 3.05) is 19.6 Å². The van der Waals surface area contributed by atoms with E-state index >= 15 is 0 Å². The lowest BCUT2D eigenvalue weighted by atomic mass is 9.80. The van der Waals surface area contributed by atoms with Crippen molar-refractivity contribution in [2.24, 2.45) is 5.41 Å². The summed E-state index contributed by atoms with van der Waals surface area (Å²) in [5.41, 5.74) is -0.251. The van der Waals surface area contributed by atoms with Gasteiger partial charge in [-0.2, -0.15) is 0 Å². The van der Waals surface area contributed by atoms with Crippen molar-refractivity contribution in [3.05, 3.63) is 0 Å². The number of carbonyl (C=O) groups is 1. The molecule has 0 aromatic heterocycles. The molecule has 1 rings (SSSR count). The van der Waals surface area contributed by atoms with Crippen LogP contribution in [0.25, 0.3) is 0 Å². The summed E-state index contributed by atoms with van der Waals surface area (Å²) in [7, 11) is 0. The molecule has 1 saturated heterocycles. The number of amides is 1. The number of aliphatic hydroxyl groups excluding tert-OH is 1. The van der Waals surface area contributed by atoms with Gasteiger partial charge in [0.05, 0.1) is 6.10 Å². The van der Waals surface area contributed by atoms with Crippen molar-refractivity contribution in [3.63, 3.8) is 0 Å². The Labute approximate surface area is 91.4 Å². The molecule has 1 aliphatic rings. The minimum Gasteiger partial charge on any atom is -0.391 e. The van der Waals surface area contributed by atoms with Crippen LogP contribution in [0.1, 0.15) is 33.1 Å². The maximum Gasteiger partial charge on any atom is 0.226 e. The highest BCUT2D eigenvalue weighted by molar-refractivity contribution is 5.82. The molecule has 88 valence electrons. The van der Waals surface area contributed by atoms with Crippen LogP contribution in [0.3, 0.4) is 0 Å². The topological polar surface area (TPSA) is 61.4 Å². The molecule has 0 bridgehead atoms. The van der Waals surface area contributed by atoms with Crippen molar-refractivity contribution < 1.29 is 9.90 Å². The van der Waals surface area contributed by atoms with Gasteiger partial charge in [0, 0.05) is 12.0 Å². The first-order chi connectivity index (χ1) is 7.08. The molecule has 0 aromatic carbocycles. The summed E-state index contributed by atoms with van der Waals surface area (Å²) >= 11 is 0. The number of piperidine rings is 1. The Balaban J connectivity index is 2.37. The van der Waals surface area contributed by atoms with E-state index in [9.17, 15) is 9.90 Å². The van der Waals surface area contributed by atoms with Crippen molar-refractivity contribution in [3.8, 4) is 0 Å². The predicted molar refractivity (Wildman–Crippen MR) is 59.5 cm³/mol. The first kappa shape index (κ1) is 12.5. The molecule has 1 unspecified atom stereocenters. The second-order valence-corrected chi connectivity index (χ2v) is 4.58. The van der Waals surface area contributed by atoms with Gasteiger partial charge in [0.25, 0.3) is 0 Å². The van der Waals surface area contributed by atoms with Crippen LogP contribution in [0.5, 0.6) is 0 Å². The van der Waals surface area contributed by atoms with E-state index in [2.05, 4.69) is 10.6 Å². The third-order valence-corrected chi connectivity index (χ3v) is 3.22. The van der Waals surface area contributed by atoms with Crippen LogP contribution >= 0.6 is 0 Å². The normalized spacial score (nSPS) is 22.1. The Morgan fingerprint density at radius 1 is 1.53 bits per heavy atom. The molecule has 0 aliphatic carbocycles. The molecule has 4 heteroatoms. The number of hydrogen-bond donors (Lipinski definition) is 3. The number of hydrogen-bond acceptors (Lipinski definition) is 3. The fourth-order valence-electron chi connectivity index (χ4n) is 1.77. The zero-order chi connectivity index (χ0) is 11.3. The van der Waals surface area contributed by atoms with Crippen molar-refractivity contribution in [1.82, 2.24) is 10.6 Å². The summed E-state index contributed by atoms with van der Waals surface area (Å²) in [6, 6.07) is 0. The monoisotopic (exact) mass is 214 g/mol. The second-order valence-electron chi connectivity index (χ2n) is 4.58. The molecule has 15 heavy (non-hydrogen) atoms. The van der Waals surface area contributed by atoms with E-state index in [0.29, 0.717) is 13.0 Å². The fraction of sp³-hybridized carbons (Fsp3) is 0.909. The van der Waals surface area contributed by atoms with Gasteiger partial charge in [-0.15, -0.1) is 0 Å². The molecule has 1 aliphatic heterocycles. The lowest BCUT2D eigenvalue weighted by Gasteiger charge is -2.32. The highest BCUT2D eigenvalue weighted by Gasteiger charge is 2.34. The molecule has 3 N–H and O–H groups in total. The molecular formula is C11H22N2O2. The Hall–Kier alpha value is -0.610. The number of carbonyl (C=O) groups excluding carboxylic acids is 1. The number of aliphatic hydroxyl groups is 1. The summed E-state index contributed by atoms with van der Waals surface area (Å²) < 4.78 is 0. The third-order valence-electron chi connectivity index (χ3n) is 3.22. The minimum atomic E-state index is -0.417. The molecule has 0 saturated carbocycles. The molecule has 1 fully saturated rings. The van der Waals surface area contributed by atoms with E-state index in [0.717, 1.165) is 25.9 Å². The SMILES string of the molecule is CCC(O)CNC(=O)C1(C)CCNCC1. The van der Waals surface area contributed by atoms with Gasteiger partial charge in [0.15, 0.2) is 0 Å². The summed E-state index contributed by atoms with van der Waals surface area (Å²) in [5, 5.41) is 15.4. The average Bonchev–Trinajstić information content (AvgIpc) is 2.26. The van der Waals surface area contributed by atoms with Crippen LogP contribution in [0, 0.1) is 5.41 Å². The molecule has 1 atom stereocenters. The van der Waals surface area contributed by atoms with E-state index in [1.807, 2.05) is 13.8 Å². The van der Waals surface area contributed by atoms with Crippen LogP contribution in [0.15, 0.2) is 0 Å². The molecule has 4 nitrogen and oxygen atoms in total. The number of nitrogens with one attached hydrogen (secondary N) is 2. The van der Waals surface area contributed by atoms with Gasteiger partial charge in [-0.05, 0) is 32.4 Å². The van der Waals surface area contributed by atoms with Gasteiger partial charge in [0.2, 0.25) is 5.91 Å². The lowest BCUT2D eigenvalue weighted by Crippen LogP contribution is -2.47. The van der Waals surface area contributed by atoms with Crippen molar-refractivity contribution in [1.29, 1.82) is 0 Å². The van der Waals surface area contributed by atoms with Gasteiger partial charge in [0.1, 0.15) is 0 Å². The van der Waals surface area contributed by atoms with Crippen LogP contribution in [0.4, 0.5) is 0 Å². The van der Waals surface area contributed by atoms with Gasteiger partial charge < -0.3 is 15.7 Å². The highest BCUT2D eigenvalue weighted by Crippen LogP contribution is 2.27. The lowest BCUT2D eigenvalue weighted by molar-refractivity contribution is -0.132. The van der Waals surface area contributed by atoms with Gasteiger partial charge in [-0.1, -0.05) is 13.8 Å². The predicted octanol–water partition coefficient (Wildman–Crippen LogP) is 0.263. The van der Waals surface area contributed by atoms with E-state index in [-0.39, 0.29) is 11.3 Å². The molecule has 0 spiro atoms. The zero-order valence-electron chi connectivity index (χ0n) is 9.68. The average molecular weight is 214 g/mol. The van der Waals surface area contributed by atoms with Crippen LogP contribution < -0.4 is 10.6 Å². The maximum absolute atomic E-state index is 11.9. The summed E-state index contributed by atoms with van der Waals surface area (Å²) in [6.07, 6.45) is 2.01. The Morgan fingerprint density at radius 2 is 2.13 bits per heavy atom. The van der Waals surface area contributed by atoms with Gasteiger partial charge >= 0.3 is 0 Å². The van der Waals surface area contributed by atoms with Gasteiger partial charge in [-0.3, -0.25) is 4.79 Å². The highest BCUT2D eigenvalue weighted by atomic mass is 16.3. The Kier molecular flexibility index (Phi) is 4.54. The van der Waals surface area contributed by atoms with Crippen LogP contribution in [-0.2, 0) is 4.79 Å². The van der Waals surface area contributed by atoms with E-state index in [4.69, 9.17) is 0 Å². The fourth-order valence-corrected chi connectivity index (χ4v) is 1.77. The maximum atomic E-state index is 11.9. The number of rotatable bonds is 4. The smallest absolute Gasteiger partial charge is 0.226 e. The summed E-state index contributed by atoms with van der Waals surface area (Å²) in [5.74, 6) is 0.0801. The van der Waals surface area contributed by atoms with E-state index in [1.54, 1.807) is 0 Å².